The van der Waals surface area contributed by atoms with E-state index in [0.29, 0.717) is 0 Å². The zero-order valence-corrected chi connectivity index (χ0v) is 30.6. The molecule has 10 aromatic rings. The van der Waals surface area contributed by atoms with Crippen LogP contribution in [0.15, 0.2) is 200 Å². The number of hydrogen-bond donors (Lipinski definition) is 0. The van der Waals surface area contributed by atoms with Gasteiger partial charge in [0.25, 0.3) is 0 Å². The molecule has 0 fully saturated rings. The van der Waals surface area contributed by atoms with Gasteiger partial charge < -0.3 is 0 Å². The van der Waals surface area contributed by atoms with E-state index in [0.717, 1.165) is 78.1 Å². The van der Waals surface area contributed by atoms with Crippen LogP contribution in [0.5, 0.6) is 0 Å². The molecule has 0 atom stereocenters. The van der Waals surface area contributed by atoms with Crippen molar-refractivity contribution in [3.63, 3.8) is 0 Å². The average molecular weight is 720 g/mol. The lowest BCUT2D eigenvalue weighted by molar-refractivity contribution is 0.879. The van der Waals surface area contributed by atoms with Crippen molar-refractivity contribution in [3.05, 3.63) is 200 Å². The fraction of sp³-hybridized carbons (Fsp3) is 0. The Kier molecular flexibility index (Phi) is 8.36. The Hall–Kier alpha value is -7.01. The summed E-state index contributed by atoms with van der Waals surface area (Å²) in [5, 5.41) is 17.1. The third-order valence-electron chi connectivity index (χ3n) is 10.4. The second-order valence-corrected chi connectivity index (χ2v) is 14.6. The summed E-state index contributed by atoms with van der Waals surface area (Å²) in [6.07, 6.45) is 0. The zero-order chi connectivity index (χ0) is 36.6. The molecule has 0 bridgehead atoms. The van der Waals surface area contributed by atoms with Crippen LogP contribution in [-0.4, -0.2) is 15.4 Å². The molecule has 0 saturated carbocycles. The lowest BCUT2D eigenvalue weighted by Crippen LogP contribution is -2.03. The summed E-state index contributed by atoms with van der Waals surface area (Å²) in [4.78, 5) is 0. The van der Waals surface area contributed by atoms with E-state index in [-0.39, 0.29) is 0 Å². The van der Waals surface area contributed by atoms with Gasteiger partial charge in [0.05, 0.1) is 0 Å². The minimum atomic E-state index is 0.778. The molecule has 2 aromatic heterocycles. The first-order chi connectivity index (χ1) is 27.3. The van der Waals surface area contributed by atoms with Gasteiger partial charge in [-0.2, -0.15) is 0 Å². The van der Waals surface area contributed by atoms with E-state index in [1.165, 1.54) is 20.2 Å². The Labute approximate surface area is 323 Å². The van der Waals surface area contributed by atoms with Gasteiger partial charge in [-0.1, -0.05) is 188 Å². The second-order valence-electron chi connectivity index (χ2n) is 13.6. The maximum Gasteiger partial charge on any atom is 0.105 e. The van der Waals surface area contributed by atoms with Gasteiger partial charge in [-0.3, -0.25) is 0 Å². The highest BCUT2D eigenvalue weighted by molar-refractivity contribution is 7.25. The Morgan fingerprint density at radius 3 is 1.40 bits per heavy atom. The Balaban J connectivity index is 1.35. The van der Waals surface area contributed by atoms with E-state index in [9.17, 15) is 0 Å². The quantitative estimate of drug-likeness (QED) is 0.165. The minimum absolute atomic E-state index is 0.778. The highest BCUT2D eigenvalue weighted by Crippen LogP contribution is 2.50. The van der Waals surface area contributed by atoms with Gasteiger partial charge in [0.2, 0.25) is 0 Å². The number of fused-ring (bicyclic) bond motifs is 3. The van der Waals surface area contributed by atoms with Gasteiger partial charge in [0.1, 0.15) is 11.4 Å². The van der Waals surface area contributed by atoms with Gasteiger partial charge in [0.15, 0.2) is 0 Å². The van der Waals surface area contributed by atoms with Crippen LogP contribution in [0, 0.1) is 0 Å². The zero-order valence-electron chi connectivity index (χ0n) is 29.8. The third kappa shape index (κ3) is 5.81. The van der Waals surface area contributed by atoms with Crippen molar-refractivity contribution in [1.82, 2.24) is 15.4 Å². The molecule has 0 N–H and O–H groups in total. The van der Waals surface area contributed by atoms with E-state index >= 15 is 0 Å². The van der Waals surface area contributed by atoms with E-state index in [1.54, 1.807) is 0 Å². The van der Waals surface area contributed by atoms with E-state index in [2.05, 4.69) is 205 Å². The number of benzene rings is 8. The van der Waals surface area contributed by atoms with Crippen molar-refractivity contribution in [2.75, 3.05) is 0 Å². The molecule has 4 heteroatoms. The maximum absolute atomic E-state index is 5.04. The molecule has 3 nitrogen and oxygen atoms in total. The normalized spacial score (nSPS) is 11.3. The summed E-state index contributed by atoms with van der Waals surface area (Å²) in [5.41, 5.74) is 14.5. The topological polar surface area (TPSA) is 38.7 Å². The fourth-order valence-electron chi connectivity index (χ4n) is 7.97. The summed E-state index contributed by atoms with van der Waals surface area (Å²) >= 11 is 1.83. The van der Waals surface area contributed by atoms with Crippen LogP contribution in [0.2, 0.25) is 0 Å². The predicted octanol–water partition coefficient (Wildman–Crippen LogP) is 13.9. The largest absolute Gasteiger partial charge is 0.135 e. The van der Waals surface area contributed by atoms with Crippen molar-refractivity contribution in [3.8, 4) is 78.1 Å². The molecule has 0 aliphatic rings. The van der Waals surface area contributed by atoms with Crippen LogP contribution < -0.4 is 0 Å². The van der Waals surface area contributed by atoms with Gasteiger partial charge >= 0.3 is 0 Å². The van der Waals surface area contributed by atoms with Crippen LogP contribution in [0.25, 0.3) is 98.3 Å². The molecule has 0 amide bonds. The highest BCUT2D eigenvalue weighted by atomic mass is 32.1. The number of rotatable bonds is 7. The molecule has 0 aliphatic heterocycles. The van der Waals surface area contributed by atoms with Crippen LogP contribution in [-0.2, 0) is 0 Å². The molecule has 0 aliphatic carbocycles. The predicted molar refractivity (Wildman–Crippen MR) is 231 cm³/mol. The monoisotopic (exact) mass is 719 g/mol. The molecule has 0 unspecified atom stereocenters. The van der Waals surface area contributed by atoms with Crippen LogP contribution in [0.1, 0.15) is 0 Å². The van der Waals surface area contributed by atoms with Crippen LogP contribution in [0.4, 0.5) is 0 Å². The summed E-state index contributed by atoms with van der Waals surface area (Å²) in [7, 11) is 0. The standard InChI is InChI=1S/C51H33N3S/c1-4-18-34(19-5-1)37-24-10-12-26-40(37)49-50(41-27-13-11-25-38(41)35-20-6-2-7-21-35)52-54-53-51(49)44-31-16-29-39(36-22-8-3-9-23-36)47(44)43-30-17-33-46-48(43)42-28-14-15-32-45(42)55-46/h1-33H. The SMILES string of the molecule is c1ccc(-c2ccccc2-c2nnnc(-c3cccc(-c4ccccc4)c3-c3cccc4sc5ccccc5c34)c2-c2ccccc2-c2ccccc2)cc1. The van der Waals surface area contributed by atoms with Crippen molar-refractivity contribution in [1.29, 1.82) is 0 Å². The number of nitrogens with zero attached hydrogens (tertiary/aromatic N) is 3. The highest BCUT2D eigenvalue weighted by Gasteiger charge is 2.26. The van der Waals surface area contributed by atoms with Crippen molar-refractivity contribution < 1.29 is 0 Å². The summed E-state index contributed by atoms with van der Waals surface area (Å²) < 4.78 is 2.52. The van der Waals surface area contributed by atoms with E-state index in [1.807, 2.05) is 11.3 Å². The summed E-state index contributed by atoms with van der Waals surface area (Å²) in [6, 6.07) is 70.9. The molecule has 258 valence electrons. The summed E-state index contributed by atoms with van der Waals surface area (Å²) in [6.45, 7) is 0. The first-order valence-electron chi connectivity index (χ1n) is 18.5. The minimum Gasteiger partial charge on any atom is -0.135 e. The molecular weight excluding hydrogens is 687 g/mol. The Bertz CT molecular complexity index is 2970. The number of aromatic nitrogens is 3. The average Bonchev–Trinajstić information content (AvgIpc) is 3.66. The van der Waals surface area contributed by atoms with Gasteiger partial charge in [-0.25, -0.2) is 0 Å². The first kappa shape index (κ1) is 32.6. The molecule has 0 spiro atoms. The smallest absolute Gasteiger partial charge is 0.105 e. The van der Waals surface area contributed by atoms with E-state index < -0.39 is 0 Å². The number of thiophene rings is 1. The molecule has 8 aromatic carbocycles. The Morgan fingerprint density at radius 1 is 0.291 bits per heavy atom. The molecule has 2 heterocycles. The van der Waals surface area contributed by atoms with E-state index in [4.69, 9.17) is 10.2 Å². The number of hydrogen-bond acceptors (Lipinski definition) is 4. The van der Waals surface area contributed by atoms with Gasteiger partial charge in [-0.15, -0.1) is 21.5 Å². The fourth-order valence-corrected chi connectivity index (χ4v) is 9.10. The summed E-state index contributed by atoms with van der Waals surface area (Å²) in [5.74, 6) is 0. The lowest BCUT2D eigenvalue weighted by atomic mass is 9.83. The third-order valence-corrected chi connectivity index (χ3v) is 11.5. The van der Waals surface area contributed by atoms with Crippen molar-refractivity contribution in [2.24, 2.45) is 0 Å². The van der Waals surface area contributed by atoms with Crippen molar-refractivity contribution >= 4 is 31.5 Å². The molecule has 55 heavy (non-hydrogen) atoms. The lowest BCUT2D eigenvalue weighted by Gasteiger charge is -2.21. The van der Waals surface area contributed by atoms with Crippen LogP contribution >= 0.6 is 11.3 Å². The first-order valence-corrected chi connectivity index (χ1v) is 19.3. The molecule has 0 radical (unpaired) electrons. The molecular formula is C51H33N3S. The molecule has 10 rings (SSSR count). The second kappa shape index (κ2) is 14.1. The van der Waals surface area contributed by atoms with Crippen LogP contribution in [0.3, 0.4) is 0 Å². The van der Waals surface area contributed by atoms with Gasteiger partial charge in [0, 0.05) is 36.9 Å². The van der Waals surface area contributed by atoms with Crippen molar-refractivity contribution in [2.45, 2.75) is 0 Å². The Morgan fingerprint density at radius 2 is 0.727 bits per heavy atom. The molecule has 0 saturated heterocycles. The maximum atomic E-state index is 5.04. The van der Waals surface area contributed by atoms with Gasteiger partial charge in [-0.05, 0) is 67.4 Å².